The predicted octanol–water partition coefficient (Wildman–Crippen LogP) is 6.32. The van der Waals surface area contributed by atoms with Gasteiger partial charge < -0.3 is 10.2 Å². The van der Waals surface area contributed by atoms with Crippen LogP contribution in [-0.2, 0) is 11.6 Å². The molecule has 1 unspecified atom stereocenters. The van der Waals surface area contributed by atoms with Crippen molar-refractivity contribution < 1.29 is 22.4 Å². The van der Waals surface area contributed by atoms with E-state index in [1.165, 1.54) is 5.56 Å². The van der Waals surface area contributed by atoms with Gasteiger partial charge in [0.25, 0.3) is 0 Å². The lowest BCUT2D eigenvalue weighted by molar-refractivity contribution is -0.139. The quantitative estimate of drug-likeness (QED) is 0.354. The smallest absolute Gasteiger partial charge is 0.320 e. The molecule has 38 heavy (non-hydrogen) atoms. The molecule has 9 heteroatoms. The molecule has 0 aromatic heterocycles. The van der Waals surface area contributed by atoms with E-state index in [9.17, 15) is 27.6 Å². The third-order valence-electron chi connectivity index (χ3n) is 8.30. The minimum Gasteiger partial charge on any atom is -0.320 e. The summed E-state index contributed by atoms with van der Waals surface area (Å²) >= 11 is 0. The van der Waals surface area contributed by atoms with Gasteiger partial charge in [-0.15, -0.1) is 0 Å². The Morgan fingerprint density at radius 1 is 1.21 bits per heavy atom. The maximum Gasteiger partial charge on any atom is 0.419 e. The molecule has 3 aliphatic rings. The average molecular weight is 527 g/mol. The fourth-order valence-electron chi connectivity index (χ4n) is 6.15. The second kappa shape index (κ2) is 10.4. The second-order valence-electron chi connectivity index (χ2n) is 10.6. The van der Waals surface area contributed by atoms with Gasteiger partial charge in [0, 0.05) is 37.9 Å². The van der Waals surface area contributed by atoms with E-state index in [2.05, 4.69) is 34.5 Å². The molecular weight excluding hydrogens is 496 g/mol. The van der Waals surface area contributed by atoms with Crippen LogP contribution in [0.15, 0.2) is 54.6 Å². The minimum absolute atomic E-state index is 0.0295. The molecule has 2 aromatic rings. The molecule has 5 nitrogen and oxygen atoms in total. The molecule has 2 fully saturated rings. The zero-order valence-corrected chi connectivity index (χ0v) is 21.0. The summed E-state index contributed by atoms with van der Waals surface area (Å²) in [6.07, 6.45) is 3.74. The summed E-state index contributed by atoms with van der Waals surface area (Å²) in [7, 11) is 0. The number of rotatable bonds is 6. The molecule has 200 valence electrons. The standard InChI is InChI=1S/C29H30F4N4O/c30-26-8-7-23(17-25(26)29(31,32)33)35-27(38)37(14-13-36-11-2-1-3-12-36)24-9-10-28(18-22(28)16-24)21-6-4-5-20(15-21)19-34/h1-2,4-8,15,17,22,24H,3,9-14,16,18H2,(H,35,38)/t22?,24-,28+/m0/s1. The van der Waals surface area contributed by atoms with Crippen molar-refractivity contribution in [3.8, 4) is 6.07 Å². The number of carbonyl (C=O) groups is 1. The maximum atomic E-state index is 13.8. The van der Waals surface area contributed by atoms with Gasteiger partial charge in [-0.25, -0.2) is 9.18 Å². The number of nitrogens with one attached hydrogen (secondary N) is 1. The van der Waals surface area contributed by atoms with Crippen molar-refractivity contribution in [1.29, 1.82) is 5.26 Å². The van der Waals surface area contributed by atoms with Crippen molar-refractivity contribution in [2.24, 2.45) is 5.92 Å². The van der Waals surface area contributed by atoms with Crippen LogP contribution in [-0.4, -0.2) is 48.1 Å². The Kier molecular flexibility index (Phi) is 7.19. The molecule has 2 aliphatic carbocycles. The summed E-state index contributed by atoms with van der Waals surface area (Å²) in [6.45, 7) is 2.80. The van der Waals surface area contributed by atoms with Crippen molar-refractivity contribution in [1.82, 2.24) is 9.80 Å². The summed E-state index contributed by atoms with van der Waals surface area (Å²) in [5.41, 5.74) is 0.351. The Balaban J connectivity index is 1.32. The molecule has 0 saturated heterocycles. The second-order valence-corrected chi connectivity index (χ2v) is 10.6. The number of alkyl halides is 3. The molecule has 1 N–H and O–H groups in total. The first kappa shape index (κ1) is 26.2. The van der Waals surface area contributed by atoms with Crippen molar-refractivity contribution in [3.05, 3.63) is 77.1 Å². The Morgan fingerprint density at radius 3 is 2.76 bits per heavy atom. The molecule has 2 saturated carbocycles. The number of hydrogen-bond donors (Lipinski definition) is 1. The Hall–Kier alpha value is -3.38. The van der Waals surface area contributed by atoms with Gasteiger partial charge in [0.2, 0.25) is 0 Å². The van der Waals surface area contributed by atoms with Crippen molar-refractivity contribution in [3.63, 3.8) is 0 Å². The third-order valence-corrected chi connectivity index (χ3v) is 8.30. The van der Waals surface area contributed by atoms with E-state index in [1.807, 2.05) is 12.1 Å². The number of fused-ring (bicyclic) bond motifs is 1. The Bertz CT molecular complexity index is 1270. The van der Waals surface area contributed by atoms with Crippen LogP contribution >= 0.6 is 0 Å². The maximum absolute atomic E-state index is 13.8. The van der Waals surface area contributed by atoms with E-state index in [1.54, 1.807) is 11.0 Å². The number of carbonyl (C=O) groups excluding carboxylic acids is 1. The van der Waals surface area contributed by atoms with Crippen LogP contribution in [0.25, 0.3) is 0 Å². The summed E-state index contributed by atoms with van der Waals surface area (Å²) < 4.78 is 53.4. The van der Waals surface area contributed by atoms with E-state index < -0.39 is 23.6 Å². The lowest BCUT2D eigenvalue weighted by Crippen LogP contribution is -2.48. The minimum atomic E-state index is -4.85. The van der Waals surface area contributed by atoms with Crippen LogP contribution in [0, 0.1) is 23.1 Å². The molecule has 3 atom stereocenters. The van der Waals surface area contributed by atoms with Crippen LogP contribution in [0.4, 0.5) is 28.0 Å². The van der Waals surface area contributed by atoms with Crippen LogP contribution in [0.1, 0.15) is 48.8 Å². The third kappa shape index (κ3) is 5.41. The number of nitrogens with zero attached hydrogens (tertiary/aromatic N) is 3. The molecule has 0 spiro atoms. The van der Waals surface area contributed by atoms with E-state index in [0.29, 0.717) is 30.6 Å². The number of anilines is 1. The normalized spacial score (nSPS) is 24.8. The Morgan fingerprint density at radius 2 is 2.05 bits per heavy atom. The zero-order valence-electron chi connectivity index (χ0n) is 21.0. The highest BCUT2D eigenvalue weighted by molar-refractivity contribution is 5.89. The fraction of sp³-hybridized carbons (Fsp3) is 0.448. The van der Waals surface area contributed by atoms with E-state index in [0.717, 1.165) is 57.3 Å². The zero-order chi connectivity index (χ0) is 26.9. The molecule has 1 heterocycles. The van der Waals surface area contributed by atoms with Crippen LogP contribution in [0.3, 0.4) is 0 Å². The number of nitriles is 1. The fourth-order valence-corrected chi connectivity index (χ4v) is 6.15. The van der Waals surface area contributed by atoms with Crippen LogP contribution < -0.4 is 5.32 Å². The summed E-state index contributed by atoms with van der Waals surface area (Å²) in [5, 5.41) is 11.9. The SMILES string of the molecule is N#Cc1cccc([C@]23CC[C@H](N(CCN4CC=CCC4)C(=O)Nc4ccc(F)c(C(F)(F)F)c4)CC2C3)c1. The van der Waals surface area contributed by atoms with Gasteiger partial charge in [-0.1, -0.05) is 24.3 Å². The number of urea groups is 1. The van der Waals surface area contributed by atoms with E-state index in [4.69, 9.17) is 0 Å². The van der Waals surface area contributed by atoms with E-state index in [-0.39, 0.29) is 17.1 Å². The molecule has 2 aromatic carbocycles. The topological polar surface area (TPSA) is 59.4 Å². The first-order chi connectivity index (χ1) is 18.2. The van der Waals surface area contributed by atoms with Crippen molar-refractivity contribution in [2.45, 2.75) is 49.7 Å². The van der Waals surface area contributed by atoms with Gasteiger partial charge in [-0.05, 0) is 79.3 Å². The summed E-state index contributed by atoms with van der Waals surface area (Å²) in [5.74, 6) is -0.991. The molecule has 1 aliphatic heterocycles. The highest BCUT2D eigenvalue weighted by Gasteiger charge is 2.58. The lowest BCUT2D eigenvalue weighted by atomic mass is 9.80. The predicted molar refractivity (Wildman–Crippen MR) is 136 cm³/mol. The first-order valence-corrected chi connectivity index (χ1v) is 13.0. The molecule has 0 radical (unpaired) electrons. The summed E-state index contributed by atoms with van der Waals surface area (Å²) in [4.78, 5) is 17.5. The van der Waals surface area contributed by atoms with Gasteiger partial charge in [0.1, 0.15) is 5.82 Å². The number of hydrogen-bond acceptors (Lipinski definition) is 3. The van der Waals surface area contributed by atoms with Crippen LogP contribution in [0.5, 0.6) is 0 Å². The Labute approximate surface area is 219 Å². The highest BCUT2D eigenvalue weighted by Crippen LogP contribution is 2.62. The lowest BCUT2D eigenvalue weighted by Gasteiger charge is -2.38. The van der Waals surface area contributed by atoms with Gasteiger partial charge in [-0.2, -0.15) is 18.4 Å². The van der Waals surface area contributed by atoms with Gasteiger partial charge >= 0.3 is 12.2 Å². The van der Waals surface area contributed by atoms with Crippen LogP contribution in [0.2, 0.25) is 0 Å². The van der Waals surface area contributed by atoms with Gasteiger partial charge in [0.05, 0.1) is 17.2 Å². The number of benzene rings is 2. The number of amides is 2. The molecule has 2 amide bonds. The molecule has 0 bridgehead atoms. The highest BCUT2D eigenvalue weighted by atomic mass is 19.4. The molecular formula is C29H30F4N4O. The monoisotopic (exact) mass is 526 g/mol. The van der Waals surface area contributed by atoms with Gasteiger partial charge in [-0.3, -0.25) is 4.90 Å². The summed E-state index contributed by atoms with van der Waals surface area (Å²) in [6, 6.07) is 12.0. The number of halogens is 4. The first-order valence-electron chi connectivity index (χ1n) is 13.0. The van der Waals surface area contributed by atoms with Crippen molar-refractivity contribution in [2.75, 3.05) is 31.5 Å². The molecule has 5 rings (SSSR count). The average Bonchev–Trinajstić information content (AvgIpc) is 3.65. The van der Waals surface area contributed by atoms with E-state index >= 15 is 0 Å². The van der Waals surface area contributed by atoms with Crippen molar-refractivity contribution >= 4 is 11.7 Å². The largest absolute Gasteiger partial charge is 0.419 e. The van der Waals surface area contributed by atoms with Gasteiger partial charge in [0.15, 0.2) is 0 Å².